The van der Waals surface area contributed by atoms with Crippen LogP contribution in [-0.4, -0.2) is 59.2 Å². The number of amides is 1. The zero-order chi connectivity index (χ0) is 22.4. The van der Waals surface area contributed by atoms with Crippen molar-refractivity contribution in [3.8, 4) is 11.5 Å². The minimum absolute atomic E-state index is 0.00250. The van der Waals surface area contributed by atoms with Crippen molar-refractivity contribution in [2.75, 3.05) is 40.0 Å². The number of nitrogens with zero attached hydrogens (tertiary/aromatic N) is 1. The maximum Gasteiger partial charge on any atom is 0.257 e. The lowest BCUT2D eigenvalue weighted by Crippen LogP contribution is -2.40. The van der Waals surface area contributed by atoms with Crippen LogP contribution >= 0.6 is 0 Å². The molecule has 0 aromatic heterocycles. The molecule has 1 N–H and O–H groups in total. The summed E-state index contributed by atoms with van der Waals surface area (Å²) in [6.45, 7) is 6.02. The van der Waals surface area contributed by atoms with Crippen LogP contribution in [0.4, 0.5) is 0 Å². The fourth-order valence-electron chi connectivity index (χ4n) is 3.35. The highest BCUT2D eigenvalue weighted by Crippen LogP contribution is 2.26. The Hall–Kier alpha value is -2.62. The fourth-order valence-corrected chi connectivity index (χ4v) is 4.60. The Balaban J connectivity index is 1.82. The SMILES string of the molecule is CCOc1ccc([C@H](C)NS(=O)(=O)c2ccc(OC)c(C(=O)N3CCOCC3)c2)cc1. The summed E-state index contributed by atoms with van der Waals surface area (Å²) in [4.78, 5) is 14.6. The van der Waals surface area contributed by atoms with Crippen molar-refractivity contribution in [3.05, 3.63) is 53.6 Å². The second-order valence-electron chi connectivity index (χ2n) is 7.11. The molecule has 168 valence electrons. The molecule has 1 aliphatic heterocycles. The Morgan fingerprint density at radius 1 is 1.16 bits per heavy atom. The van der Waals surface area contributed by atoms with Crippen LogP contribution in [0.5, 0.6) is 11.5 Å². The second-order valence-corrected chi connectivity index (χ2v) is 8.83. The van der Waals surface area contributed by atoms with Gasteiger partial charge in [0.2, 0.25) is 10.0 Å². The van der Waals surface area contributed by atoms with Gasteiger partial charge >= 0.3 is 0 Å². The molecule has 8 nitrogen and oxygen atoms in total. The molecule has 0 bridgehead atoms. The van der Waals surface area contributed by atoms with Crippen LogP contribution in [0.25, 0.3) is 0 Å². The average Bonchev–Trinajstić information content (AvgIpc) is 2.79. The molecule has 1 saturated heterocycles. The largest absolute Gasteiger partial charge is 0.496 e. The van der Waals surface area contributed by atoms with Crippen molar-refractivity contribution in [2.24, 2.45) is 0 Å². The molecule has 2 aromatic rings. The van der Waals surface area contributed by atoms with Gasteiger partial charge in [0.25, 0.3) is 5.91 Å². The Morgan fingerprint density at radius 3 is 2.45 bits per heavy atom. The van der Waals surface area contributed by atoms with Crippen LogP contribution in [0.2, 0.25) is 0 Å². The number of benzene rings is 2. The highest BCUT2D eigenvalue weighted by Gasteiger charge is 2.25. The third-order valence-corrected chi connectivity index (χ3v) is 6.57. The molecule has 0 saturated carbocycles. The van der Waals surface area contributed by atoms with Crippen molar-refractivity contribution >= 4 is 15.9 Å². The Labute approximate surface area is 183 Å². The monoisotopic (exact) mass is 448 g/mol. The van der Waals surface area contributed by atoms with E-state index in [1.807, 2.05) is 19.1 Å². The molecule has 1 amide bonds. The first kappa shape index (κ1) is 23.1. The zero-order valence-electron chi connectivity index (χ0n) is 18.0. The third-order valence-electron chi connectivity index (χ3n) is 5.03. The summed E-state index contributed by atoms with van der Waals surface area (Å²) < 4.78 is 44.7. The van der Waals surface area contributed by atoms with Crippen LogP contribution in [0.1, 0.15) is 35.8 Å². The zero-order valence-corrected chi connectivity index (χ0v) is 18.8. The molecule has 0 spiro atoms. The maximum absolute atomic E-state index is 13.0. The van der Waals surface area contributed by atoms with E-state index in [-0.39, 0.29) is 16.4 Å². The number of hydrogen-bond acceptors (Lipinski definition) is 6. The standard InChI is InChI=1S/C22H28N2O6S/c1-4-30-18-7-5-17(6-8-18)16(2)23-31(26,27)19-9-10-21(28-3)20(15-19)22(25)24-11-13-29-14-12-24/h5-10,15-16,23H,4,11-14H2,1-3H3/t16-/m0/s1. The average molecular weight is 449 g/mol. The van der Waals surface area contributed by atoms with Crippen LogP contribution < -0.4 is 14.2 Å². The van der Waals surface area contributed by atoms with E-state index < -0.39 is 16.1 Å². The summed E-state index contributed by atoms with van der Waals surface area (Å²) >= 11 is 0. The van der Waals surface area contributed by atoms with Gasteiger partial charge in [0.05, 0.1) is 37.4 Å². The molecule has 3 rings (SSSR count). The minimum atomic E-state index is -3.87. The minimum Gasteiger partial charge on any atom is -0.496 e. The number of hydrogen-bond donors (Lipinski definition) is 1. The molecule has 31 heavy (non-hydrogen) atoms. The predicted octanol–water partition coefficient (Wildman–Crippen LogP) is 2.61. The normalized spacial score (nSPS) is 15.4. The topological polar surface area (TPSA) is 94.2 Å². The second kappa shape index (κ2) is 10.1. The van der Waals surface area contributed by atoms with Gasteiger partial charge in [-0.05, 0) is 49.7 Å². The van der Waals surface area contributed by atoms with E-state index in [4.69, 9.17) is 14.2 Å². The molecular weight excluding hydrogens is 420 g/mol. The number of methoxy groups -OCH3 is 1. The lowest BCUT2D eigenvalue weighted by molar-refractivity contribution is 0.0300. The Morgan fingerprint density at radius 2 is 1.84 bits per heavy atom. The van der Waals surface area contributed by atoms with Crippen molar-refractivity contribution in [2.45, 2.75) is 24.8 Å². The number of rotatable bonds is 8. The lowest BCUT2D eigenvalue weighted by atomic mass is 10.1. The molecule has 1 heterocycles. The highest BCUT2D eigenvalue weighted by molar-refractivity contribution is 7.89. The van der Waals surface area contributed by atoms with Gasteiger partial charge in [-0.25, -0.2) is 13.1 Å². The van der Waals surface area contributed by atoms with Crippen LogP contribution in [-0.2, 0) is 14.8 Å². The van der Waals surface area contributed by atoms with Crippen LogP contribution in [0.15, 0.2) is 47.4 Å². The number of sulfonamides is 1. The van der Waals surface area contributed by atoms with E-state index in [1.54, 1.807) is 24.0 Å². The van der Waals surface area contributed by atoms with E-state index >= 15 is 0 Å². The van der Waals surface area contributed by atoms with Crippen molar-refractivity contribution in [1.82, 2.24) is 9.62 Å². The molecule has 0 unspecified atom stereocenters. The van der Waals surface area contributed by atoms with Crippen molar-refractivity contribution in [3.63, 3.8) is 0 Å². The van der Waals surface area contributed by atoms with E-state index in [0.29, 0.717) is 38.7 Å². The van der Waals surface area contributed by atoms with E-state index in [9.17, 15) is 13.2 Å². The van der Waals surface area contributed by atoms with E-state index in [0.717, 1.165) is 11.3 Å². The van der Waals surface area contributed by atoms with Gasteiger partial charge in [0.15, 0.2) is 0 Å². The fraction of sp³-hybridized carbons (Fsp3) is 0.409. The summed E-state index contributed by atoms with van der Waals surface area (Å²) in [5, 5.41) is 0. The molecule has 2 aromatic carbocycles. The van der Waals surface area contributed by atoms with Gasteiger partial charge in [-0.1, -0.05) is 12.1 Å². The first-order valence-electron chi connectivity index (χ1n) is 10.2. The quantitative estimate of drug-likeness (QED) is 0.667. The summed E-state index contributed by atoms with van der Waals surface area (Å²) in [7, 11) is -2.42. The van der Waals surface area contributed by atoms with Crippen molar-refractivity contribution in [1.29, 1.82) is 0 Å². The van der Waals surface area contributed by atoms with Gasteiger partial charge in [-0.15, -0.1) is 0 Å². The first-order chi connectivity index (χ1) is 14.9. The molecule has 1 fully saturated rings. The lowest BCUT2D eigenvalue weighted by Gasteiger charge is -2.27. The summed E-state index contributed by atoms with van der Waals surface area (Å²) in [6.07, 6.45) is 0. The van der Waals surface area contributed by atoms with Gasteiger partial charge in [0, 0.05) is 19.1 Å². The van der Waals surface area contributed by atoms with Gasteiger partial charge in [-0.3, -0.25) is 4.79 Å². The number of nitrogens with one attached hydrogen (secondary N) is 1. The first-order valence-corrected chi connectivity index (χ1v) is 11.6. The van der Waals surface area contributed by atoms with Gasteiger partial charge in [0.1, 0.15) is 11.5 Å². The highest BCUT2D eigenvalue weighted by atomic mass is 32.2. The smallest absolute Gasteiger partial charge is 0.257 e. The Kier molecular flexibility index (Phi) is 7.53. The van der Waals surface area contributed by atoms with Crippen molar-refractivity contribution < 1.29 is 27.4 Å². The predicted molar refractivity (Wildman–Crippen MR) is 116 cm³/mol. The van der Waals surface area contributed by atoms with Gasteiger partial charge in [-0.2, -0.15) is 0 Å². The number of carbonyl (C=O) groups excluding carboxylic acids is 1. The summed E-state index contributed by atoms with van der Waals surface area (Å²) in [6, 6.07) is 11.1. The van der Waals surface area contributed by atoms with E-state index in [1.165, 1.54) is 25.3 Å². The Bertz CT molecular complexity index is 1000. The molecule has 9 heteroatoms. The maximum atomic E-state index is 13.0. The molecule has 0 aliphatic carbocycles. The molecular formula is C22H28N2O6S. The van der Waals surface area contributed by atoms with E-state index in [2.05, 4.69) is 4.72 Å². The number of carbonyl (C=O) groups is 1. The van der Waals surface area contributed by atoms with Crippen LogP contribution in [0, 0.1) is 0 Å². The number of morpholine rings is 1. The molecule has 0 radical (unpaired) electrons. The number of ether oxygens (including phenoxy) is 3. The third kappa shape index (κ3) is 5.55. The van der Waals surface area contributed by atoms with Crippen LogP contribution in [0.3, 0.4) is 0 Å². The van der Waals surface area contributed by atoms with Gasteiger partial charge < -0.3 is 19.1 Å². The molecule has 1 atom stereocenters. The summed E-state index contributed by atoms with van der Waals surface area (Å²) in [5.74, 6) is 0.773. The summed E-state index contributed by atoms with van der Waals surface area (Å²) in [5.41, 5.74) is 1.01. The molecule has 1 aliphatic rings.